The third kappa shape index (κ3) is 69.8. The Kier molecular flexibility index (Phi) is 68.1. The van der Waals surface area contributed by atoms with Crippen molar-refractivity contribution in [2.24, 2.45) is 17.8 Å². The predicted octanol–water partition coefficient (Wildman–Crippen LogP) is 23.4. The maximum atomic E-state index is 13.1. The lowest BCUT2D eigenvalue weighted by Crippen LogP contribution is -2.30. The average molecular weight is 1440 g/mol. The van der Waals surface area contributed by atoms with Gasteiger partial charge in [-0.3, -0.25) is 37.3 Å². The Labute approximate surface area is 600 Å². The molecule has 4 unspecified atom stereocenters. The van der Waals surface area contributed by atoms with Gasteiger partial charge in [-0.25, -0.2) is 9.13 Å². The van der Waals surface area contributed by atoms with Gasteiger partial charge in [0.1, 0.15) is 19.3 Å². The lowest BCUT2D eigenvalue weighted by atomic mass is 9.99. The number of hydrogen-bond donors (Lipinski definition) is 3. The van der Waals surface area contributed by atoms with E-state index < -0.39 is 97.5 Å². The summed E-state index contributed by atoms with van der Waals surface area (Å²) in [7, 11) is -9.91. The first-order chi connectivity index (χ1) is 47.3. The lowest BCUT2D eigenvalue weighted by Gasteiger charge is -2.21. The van der Waals surface area contributed by atoms with Gasteiger partial charge >= 0.3 is 39.5 Å². The Hall–Kier alpha value is -1.94. The van der Waals surface area contributed by atoms with Crippen LogP contribution in [0.5, 0.6) is 0 Å². The molecule has 0 aromatic heterocycles. The number of carbonyl (C=O) groups excluding carboxylic acids is 4. The highest BCUT2D eigenvalue weighted by Gasteiger charge is 2.30. The number of aliphatic hydroxyl groups excluding tert-OH is 1. The van der Waals surface area contributed by atoms with E-state index in [2.05, 4.69) is 48.5 Å². The fraction of sp³-hybridized carbons (Fsp3) is 0.949. The molecule has 0 heterocycles. The molecule has 7 atom stereocenters. The molecule has 0 bridgehead atoms. The molecule has 0 saturated carbocycles. The smallest absolute Gasteiger partial charge is 0.462 e. The maximum Gasteiger partial charge on any atom is 0.472 e. The summed E-state index contributed by atoms with van der Waals surface area (Å²) < 4.78 is 68.5. The van der Waals surface area contributed by atoms with Crippen LogP contribution in [0.25, 0.3) is 0 Å². The summed E-state index contributed by atoms with van der Waals surface area (Å²) >= 11 is 0. The maximum absolute atomic E-state index is 13.1. The van der Waals surface area contributed by atoms with Gasteiger partial charge in [0.15, 0.2) is 12.2 Å². The van der Waals surface area contributed by atoms with E-state index in [1.807, 2.05) is 0 Å². The number of unbranched alkanes of at least 4 members (excludes halogenated alkanes) is 43. The fourth-order valence-electron chi connectivity index (χ4n) is 12.1. The van der Waals surface area contributed by atoms with E-state index in [9.17, 15) is 43.2 Å². The van der Waals surface area contributed by atoms with Crippen LogP contribution < -0.4 is 0 Å². The minimum atomic E-state index is -4.96. The summed E-state index contributed by atoms with van der Waals surface area (Å²) in [5.41, 5.74) is 0. The number of rotatable bonds is 77. The minimum Gasteiger partial charge on any atom is -0.462 e. The van der Waals surface area contributed by atoms with Gasteiger partial charge in [0.2, 0.25) is 0 Å². The summed E-state index contributed by atoms with van der Waals surface area (Å²) in [5.74, 6) is 0.355. The third-order valence-corrected chi connectivity index (χ3v) is 21.0. The number of esters is 4. The zero-order valence-corrected chi connectivity index (χ0v) is 66.0. The summed E-state index contributed by atoms with van der Waals surface area (Å²) in [6, 6.07) is 0. The fourth-order valence-corrected chi connectivity index (χ4v) is 13.6. The largest absolute Gasteiger partial charge is 0.472 e. The molecular weight excluding hydrogens is 1280 g/mol. The van der Waals surface area contributed by atoms with Crippen LogP contribution in [0.4, 0.5) is 0 Å². The molecule has 582 valence electrons. The van der Waals surface area contributed by atoms with Crippen molar-refractivity contribution in [3.8, 4) is 0 Å². The van der Waals surface area contributed by atoms with Crippen LogP contribution in [0.2, 0.25) is 0 Å². The Morgan fingerprint density at radius 3 is 0.776 bits per heavy atom. The van der Waals surface area contributed by atoms with Crippen LogP contribution in [0.1, 0.15) is 408 Å². The second kappa shape index (κ2) is 69.4. The average Bonchev–Trinajstić information content (AvgIpc) is 1.03. The summed E-state index contributed by atoms with van der Waals surface area (Å²) in [6.07, 6.45) is 56.8. The molecule has 0 saturated heterocycles. The van der Waals surface area contributed by atoms with E-state index in [1.54, 1.807) is 0 Å². The van der Waals surface area contributed by atoms with Crippen LogP contribution in [0.15, 0.2) is 0 Å². The minimum absolute atomic E-state index is 0.106. The van der Waals surface area contributed by atoms with Crippen molar-refractivity contribution in [3.05, 3.63) is 0 Å². The van der Waals surface area contributed by atoms with E-state index in [0.29, 0.717) is 25.7 Å². The molecule has 19 heteroatoms. The molecule has 0 spiro atoms. The van der Waals surface area contributed by atoms with Crippen molar-refractivity contribution in [1.29, 1.82) is 0 Å². The van der Waals surface area contributed by atoms with E-state index in [4.69, 9.17) is 37.0 Å². The SMILES string of the molecule is CCCCCCCCCC(=O)OC[C@H](COP(=O)(O)OC[C@H](O)COP(=O)(O)OC[C@@H](COC(=O)CCCCCCCCCCCCCCCCC(C)CC)OC(=O)CCCCCCCCCCCCCCCCC(C)CC)OC(=O)CCCCCCCCCCCCCCC(C)C. The first-order valence-corrected chi connectivity index (χ1v) is 43.9. The zero-order chi connectivity index (χ0) is 72.3. The highest BCUT2D eigenvalue weighted by atomic mass is 31.2. The highest BCUT2D eigenvalue weighted by molar-refractivity contribution is 7.47. The van der Waals surface area contributed by atoms with Crippen molar-refractivity contribution >= 4 is 39.5 Å². The van der Waals surface area contributed by atoms with E-state index in [1.165, 1.54) is 205 Å². The summed E-state index contributed by atoms with van der Waals surface area (Å²) in [5, 5.41) is 10.6. The second-order valence-corrected chi connectivity index (χ2v) is 32.3. The van der Waals surface area contributed by atoms with Crippen LogP contribution >= 0.6 is 15.6 Å². The molecule has 0 aromatic rings. The van der Waals surface area contributed by atoms with E-state index >= 15 is 0 Å². The van der Waals surface area contributed by atoms with Gasteiger partial charge in [-0.2, -0.15) is 0 Å². The quantitative estimate of drug-likeness (QED) is 0.0222. The lowest BCUT2D eigenvalue weighted by molar-refractivity contribution is -0.161. The Morgan fingerprint density at radius 1 is 0.296 bits per heavy atom. The van der Waals surface area contributed by atoms with Crippen LogP contribution in [0.3, 0.4) is 0 Å². The molecule has 17 nitrogen and oxygen atoms in total. The number of ether oxygens (including phenoxy) is 4. The first kappa shape index (κ1) is 96.1. The van der Waals surface area contributed by atoms with Gasteiger partial charge in [0, 0.05) is 25.7 Å². The normalized spacial score (nSPS) is 14.6. The number of phosphoric ester groups is 2. The van der Waals surface area contributed by atoms with Crippen molar-refractivity contribution in [2.45, 2.75) is 426 Å². The van der Waals surface area contributed by atoms with Crippen LogP contribution in [-0.4, -0.2) is 96.7 Å². The Bertz CT molecular complexity index is 1910. The molecule has 0 aliphatic rings. The Morgan fingerprint density at radius 2 is 0.520 bits per heavy atom. The topological polar surface area (TPSA) is 237 Å². The molecule has 0 fully saturated rings. The molecule has 0 aliphatic heterocycles. The first-order valence-electron chi connectivity index (χ1n) is 40.9. The van der Waals surface area contributed by atoms with Gasteiger partial charge in [-0.1, -0.05) is 357 Å². The molecular formula is C79H154O17P2. The molecule has 0 rings (SSSR count). The van der Waals surface area contributed by atoms with Gasteiger partial charge in [-0.05, 0) is 43.4 Å². The number of aliphatic hydroxyl groups is 1. The second-order valence-electron chi connectivity index (χ2n) is 29.4. The molecule has 0 aliphatic carbocycles. The number of carbonyl (C=O) groups is 4. The van der Waals surface area contributed by atoms with Crippen LogP contribution in [0, 0.1) is 17.8 Å². The molecule has 98 heavy (non-hydrogen) atoms. The Balaban J connectivity index is 5.20. The predicted molar refractivity (Wildman–Crippen MR) is 400 cm³/mol. The summed E-state index contributed by atoms with van der Waals surface area (Å²) in [4.78, 5) is 72.8. The monoisotopic (exact) mass is 1440 g/mol. The van der Waals surface area contributed by atoms with Gasteiger partial charge < -0.3 is 33.8 Å². The zero-order valence-electron chi connectivity index (χ0n) is 64.3. The van der Waals surface area contributed by atoms with Crippen molar-refractivity contribution in [1.82, 2.24) is 0 Å². The third-order valence-electron chi connectivity index (χ3n) is 19.1. The summed E-state index contributed by atoms with van der Waals surface area (Å²) in [6.45, 7) is 12.0. The van der Waals surface area contributed by atoms with Crippen molar-refractivity contribution in [3.63, 3.8) is 0 Å². The number of hydrogen-bond acceptors (Lipinski definition) is 15. The van der Waals surface area contributed by atoms with E-state index in [0.717, 1.165) is 120 Å². The van der Waals surface area contributed by atoms with Crippen molar-refractivity contribution in [2.75, 3.05) is 39.6 Å². The van der Waals surface area contributed by atoms with Gasteiger partial charge in [0.05, 0.1) is 26.4 Å². The van der Waals surface area contributed by atoms with Gasteiger partial charge in [0.25, 0.3) is 0 Å². The highest BCUT2D eigenvalue weighted by Crippen LogP contribution is 2.45. The number of phosphoric acid groups is 2. The molecule has 3 N–H and O–H groups in total. The molecule has 0 radical (unpaired) electrons. The standard InChI is InChI=1S/C79H154O17P2/c1-8-11-12-13-36-46-53-60-76(81)89-66-74(95-78(83)63-56-49-42-35-29-23-22-24-30-37-43-50-57-70(4)5)68-93-97(85,86)91-64-73(80)65-92-98(87,88)94-69-75(96-79(84)62-55-48-41-34-28-21-17-15-19-26-32-39-45-52-59-72(7)10-3)67-90-77(82)61-54-47-40-33-27-20-16-14-18-25-31-38-44-51-58-71(6)9-2/h70-75,80H,8-69H2,1-7H3,(H,85,86)(H,87,88)/t71?,72?,73-,74+,75+/m0/s1. The molecule has 0 aromatic carbocycles. The van der Waals surface area contributed by atoms with E-state index in [-0.39, 0.29) is 25.7 Å². The van der Waals surface area contributed by atoms with Gasteiger partial charge in [-0.15, -0.1) is 0 Å². The van der Waals surface area contributed by atoms with Crippen LogP contribution in [-0.2, 0) is 65.4 Å². The molecule has 0 amide bonds. The van der Waals surface area contributed by atoms with Crippen molar-refractivity contribution < 1.29 is 80.2 Å².